The number of pyridine rings is 1. The van der Waals surface area contributed by atoms with Crippen LogP contribution in [0, 0.1) is 27.7 Å². The van der Waals surface area contributed by atoms with Crippen LogP contribution in [-0.2, 0) is 0 Å². The average Bonchev–Trinajstić information content (AvgIpc) is 3.99. The molecule has 5 aromatic heterocycles. The minimum atomic E-state index is 0.708. The fourth-order valence-electron chi connectivity index (χ4n) is 10.9. The van der Waals surface area contributed by atoms with Crippen LogP contribution in [0.15, 0.2) is 194 Å². The maximum atomic E-state index is 5.62. The minimum absolute atomic E-state index is 0.708. The summed E-state index contributed by atoms with van der Waals surface area (Å²) in [5, 5.41) is 5.85. The predicted molar refractivity (Wildman–Crippen MR) is 278 cm³/mol. The lowest BCUT2D eigenvalue weighted by Gasteiger charge is -2.24. The summed E-state index contributed by atoms with van der Waals surface area (Å²) < 4.78 is 7.39. The molecule has 5 heterocycles. The van der Waals surface area contributed by atoms with E-state index >= 15 is 0 Å². The van der Waals surface area contributed by atoms with Crippen molar-refractivity contribution in [2.45, 2.75) is 27.7 Å². The lowest BCUT2D eigenvalue weighted by Crippen LogP contribution is -2.10. The van der Waals surface area contributed by atoms with E-state index in [4.69, 9.17) is 15.0 Å². The van der Waals surface area contributed by atoms with Gasteiger partial charge in [0.15, 0.2) is 5.82 Å². The SMILES string of the molecule is Cc1cccc(C)c1-c1cc(-c2cc(-n3c4ccccc4c4ccccc43)c(-n3c4ccccc4c4ncccc43)c(-n3c4ccccc4c4ccccc43)c2)nc(-c2c(C)cccc2C)n1. The Kier molecular flexibility index (Phi) is 8.68. The Labute approximate surface area is 387 Å². The van der Waals surface area contributed by atoms with Crippen LogP contribution in [0.2, 0.25) is 0 Å². The summed E-state index contributed by atoms with van der Waals surface area (Å²) in [4.78, 5) is 16.1. The molecule has 6 nitrogen and oxygen atoms in total. The quantitative estimate of drug-likeness (QED) is 0.167. The number of aryl methyl sites for hydroxylation is 4. The Balaban J connectivity index is 1.27. The molecule has 13 rings (SSSR count). The van der Waals surface area contributed by atoms with Gasteiger partial charge in [0, 0.05) is 49.8 Å². The standard InChI is InChI=1S/C61H44N6/c1-37-18-15-19-38(2)57(37)48-36-47(63-61(64-48)58-39(3)20-16-21-40(58)4)41-34-55(65-49-27-10-5-22-42(49)43-23-6-11-28-50(43)65)60(67-53-31-14-9-26-46(53)59-54(67)32-17-33-62-59)56(35-41)66-51-29-12-7-24-44(51)45-25-8-13-30-52(45)66/h5-36H,1-4H3. The van der Waals surface area contributed by atoms with Gasteiger partial charge in [0.1, 0.15) is 0 Å². The first-order chi connectivity index (χ1) is 32.9. The Bertz CT molecular complexity index is 3760. The molecule has 6 heteroatoms. The molecule has 67 heavy (non-hydrogen) atoms. The van der Waals surface area contributed by atoms with Crippen molar-refractivity contribution in [3.05, 3.63) is 217 Å². The van der Waals surface area contributed by atoms with Crippen LogP contribution in [0.4, 0.5) is 0 Å². The van der Waals surface area contributed by atoms with Crippen molar-refractivity contribution in [2.75, 3.05) is 0 Å². The number of hydrogen-bond donors (Lipinski definition) is 0. The second-order valence-electron chi connectivity index (χ2n) is 17.8. The van der Waals surface area contributed by atoms with Gasteiger partial charge >= 0.3 is 0 Å². The first-order valence-corrected chi connectivity index (χ1v) is 23.0. The fraction of sp³-hybridized carbons (Fsp3) is 0.0656. The molecule has 0 radical (unpaired) electrons. The molecular formula is C61H44N6. The molecule has 8 aromatic carbocycles. The summed E-state index contributed by atoms with van der Waals surface area (Å²) in [6.07, 6.45) is 1.90. The largest absolute Gasteiger partial charge is 0.307 e. The maximum absolute atomic E-state index is 5.62. The van der Waals surface area contributed by atoms with E-state index < -0.39 is 0 Å². The second-order valence-corrected chi connectivity index (χ2v) is 17.8. The number of nitrogens with zero attached hydrogens (tertiary/aromatic N) is 6. The number of fused-ring (bicyclic) bond motifs is 9. The molecule has 0 aliphatic carbocycles. The van der Waals surface area contributed by atoms with E-state index in [-0.39, 0.29) is 0 Å². The molecule has 0 saturated carbocycles. The van der Waals surface area contributed by atoms with Gasteiger partial charge < -0.3 is 13.7 Å². The molecule has 0 saturated heterocycles. The predicted octanol–water partition coefficient (Wildman–Crippen LogP) is 15.4. The third-order valence-electron chi connectivity index (χ3n) is 13.8. The number of benzene rings is 8. The highest BCUT2D eigenvalue weighted by molar-refractivity contribution is 6.13. The van der Waals surface area contributed by atoms with Crippen LogP contribution in [0.3, 0.4) is 0 Å². The van der Waals surface area contributed by atoms with Crippen LogP contribution in [0.1, 0.15) is 22.3 Å². The van der Waals surface area contributed by atoms with E-state index in [9.17, 15) is 0 Å². The molecule has 318 valence electrons. The second kappa shape index (κ2) is 15.0. The third-order valence-corrected chi connectivity index (χ3v) is 13.8. The molecule has 0 unspecified atom stereocenters. The highest BCUT2D eigenvalue weighted by atomic mass is 15.1. The van der Waals surface area contributed by atoms with Gasteiger partial charge in [-0.25, -0.2) is 9.97 Å². The summed E-state index contributed by atoms with van der Waals surface area (Å²) in [5.41, 5.74) is 20.1. The van der Waals surface area contributed by atoms with Crippen molar-refractivity contribution in [1.82, 2.24) is 28.7 Å². The van der Waals surface area contributed by atoms with Crippen molar-refractivity contribution in [3.8, 4) is 51.0 Å². The van der Waals surface area contributed by atoms with E-state index in [1.165, 1.54) is 32.7 Å². The Hall–Kier alpha value is -8.61. The van der Waals surface area contributed by atoms with E-state index in [0.29, 0.717) is 5.82 Å². The van der Waals surface area contributed by atoms with E-state index in [1.54, 1.807) is 0 Å². The Morgan fingerprint density at radius 3 is 1.24 bits per heavy atom. The van der Waals surface area contributed by atoms with Gasteiger partial charge in [0.2, 0.25) is 0 Å². The van der Waals surface area contributed by atoms with Crippen LogP contribution in [-0.4, -0.2) is 28.7 Å². The van der Waals surface area contributed by atoms with Crippen LogP contribution >= 0.6 is 0 Å². The highest BCUT2D eigenvalue weighted by Crippen LogP contribution is 2.45. The van der Waals surface area contributed by atoms with Gasteiger partial charge in [0.25, 0.3) is 0 Å². The Morgan fingerprint density at radius 2 is 0.746 bits per heavy atom. The topological polar surface area (TPSA) is 53.5 Å². The van der Waals surface area contributed by atoms with E-state index in [0.717, 1.165) is 100 Å². The molecule has 0 spiro atoms. The van der Waals surface area contributed by atoms with Crippen molar-refractivity contribution in [1.29, 1.82) is 0 Å². The van der Waals surface area contributed by atoms with Gasteiger partial charge in [-0.3, -0.25) is 4.98 Å². The first-order valence-electron chi connectivity index (χ1n) is 23.0. The number of rotatable bonds is 6. The third kappa shape index (κ3) is 5.86. The van der Waals surface area contributed by atoms with Crippen molar-refractivity contribution in [2.24, 2.45) is 0 Å². The normalized spacial score (nSPS) is 11.9. The van der Waals surface area contributed by atoms with Crippen LogP contribution in [0.25, 0.3) is 117 Å². The number of hydrogen-bond acceptors (Lipinski definition) is 3. The van der Waals surface area contributed by atoms with Crippen molar-refractivity contribution < 1.29 is 0 Å². The van der Waals surface area contributed by atoms with Crippen molar-refractivity contribution >= 4 is 65.5 Å². The molecule has 0 atom stereocenters. The summed E-state index contributed by atoms with van der Waals surface area (Å²) in [5.74, 6) is 0.708. The molecule has 0 aliphatic rings. The van der Waals surface area contributed by atoms with Gasteiger partial charge in [0.05, 0.1) is 67.1 Å². The lowest BCUT2D eigenvalue weighted by molar-refractivity contribution is 1.05. The zero-order valence-electron chi connectivity index (χ0n) is 37.7. The van der Waals surface area contributed by atoms with E-state index in [1.807, 2.05) is 6.20 Å². The summed E-state index contributed by atoms with van der Waals surface area (Å²) in [7, 11) is 0. The van der Waals surface area contributed by atoms with E-state index in [2.05, 4.69) is 229 Å². The smallest absolute Gasteiger partial charge is 0.160 e. The average molecular weight is 861 g/mol. The molecule has 0 N–H and O–H groups in total. The molecule has 0 aliphatic heterocycles. The van der Waals surface area contributed by atoms with Crippen LogP contribution in [0.5, 0.6) is 0 Å². The zero-order chi connectivity index (χ0) is 44.9. The van der Waals surface area contributed by atoms with Gasteiger partial charge in [-0.1, -0.05) is 127 Å². The summed E-state index contributed by atoms with van der Waals surface area (Å²) in [6, 6.07) is 68.0. The number of para-hydroxylation sites is 5. The molecule has 0 fully saturated rings. The van der Waals surface area contributed by atoms with Crippen LogP contribution < -0.4 is 0 Å². The fourth-order valence-corrected chi connectivity index (χ4v) is 10.9. The zero-order valence-corrected chi connectivity index (χ0v) is 37.7. The molecule has 0 bridgehead atoms. The summed E-state index contributed by atoms with van der Waals surface area (Å²) in [6.45, 7) is 8.68. The first kappa shape index (κ1) is 38.8. The van der Waals surface area contributed by atoms with Gasteiger partial charge in [-0.2, -0.15) is 0 Å². The monoisotopic (exact) mass is 860 g/mol. The molecular weight excluding hydrogens is 817 g/mol. The molecule has 0 amide bonds. The van der Waals surface area contributed by atoms with Gasteiger partial charge in [-0.05, 0) is 111 Å². The minimum Gasteiger partial charge on any atom is -0.307 e. The van der Waals surface area contributed by atoms with Crippen molar-refractivity contribution in [3.63, 3.8) is 0 Å². The lowest BCUT2D eigenvalue weighted by atomic mass is 9.97. The summed E-state index contributed by atoms with van der Waals surface area (Å²) >= 11 is 0. The molecule has 13 aromatic rings. The number of aromatic nitrogens is 6. The highest BCUT2D eigenvalue weighted by Gasteiger charge is 2.27. The van der Waals surface area contributed by atoms with Gasteiger partial charge in [-0.15, -0.1) is 0 Å². The Morgan fingerprint density at radius 1 is 0.343 bits per heavy atom. The maximum Gasteiger partial charge on any atom is 0.160 e.